The van der Waals surface area contributed by atoms with E-state index in [0.29, 0.717) is 12.5 Å². The standard InChI is InChI=1S/C7H12N2O.Rh/c1-5(2)6-3-9-7(10)4-8-6;/h5H,3-4H2,1-2H3,(H,9,10);/q;+2/p-1. The monoisotopic (exact) mass is 242 g/mol. The van der Waals surface area contributed by atoms with Crippen LogP contribution in [0, 0.1) is 5.92 Å². The average molecular weight is 242 g/mol. The maximum atomic E-state index is 10.6. The molecule has 1 heterocycles. The number of nitrogens with zero attached hydrogens (tertiary/aromatic N) is 2. The third-order valence-corrected chi connectivity index (χ3v) is 1.50. The third kappa shape index (κ3) is 3.11. The molecular weight excluding hydrogens is 231 g/mol. The Morgan fingerprint density at radius 3 is 2.55 bits per heavy atom. The van der Waals surface area contributed by atoms with Gasteiger partial charge in [-0.25, -0.2) is 0 Å². The summed E-state index contributed by atoms with van der Waals surface area (Å²) in [5, 5.41) is 3.76. The van der Waals surface area contributed by atoms with Crippen LogP contribution in [0.5, 0.6) is 0 Å². The Bertz CT molecular complexity index is 177. The molecule has 0 saturated heterocycles. The van der Waals surface area contributed by atoms with E-state index < -0.39 is 0 Å². The molecule has 1 aliphatic heterocycles. The van der Waals surface area contributed by atoms with Gasteiger partial charge in [0, 0.05) is 0 Å². The van der Waals surface area contributed by atoms with Crippen LogP contribution in [0.15, 0.2) is 4.99 Å². The zero-order valence-corrected chi connectivity index (χ0v) is 8.27. The molecule has 1 rings (SSSR count). The Hall–Kier alpha value is -0.237. The molecule has 1 radical (unpaired) electrons. The Balaban J connectivity index is 0.000001000. The Labute approximate surface area is 79.4 Å². The summed E-state index contributed by atoms with van der Waals surface area (Å²) in [6.07, 6.45) is 0. The van der Waals surface area contributed by atoms with E-state index in [1.54, 1.807) is 0 Å². The van der Waals surface area contributed by atoms with Gasteiger partial charge in [-0.15, -0.1) is 0 Å². The minimum absolute atomic E-state index is 0. The van der Waals surface area contributed by atoms with Gasteiger partial charge in [0.1, 0.15) is 0 Å². The molecule has 11 heavy (non-hydrogen) atoms. The fourth-order valence-electron chi connectivity index (χ4n) is 0.803. The molecule has 0 aromatic heterocycles. The van der Waals surface area contributed by atoms with Crippen LogP contribution >= 0.6 is 0 Å². The Kier molecular flexibility index (Phi) is 4.50. The summed E-state index contributed by atoms with van der Waals surface area (Å²) >= 11 is 0. The van der Waals surface area contributed by atoms with E-state index in [0.717, 1.165) is 5.71 Å². The molecule has 0 atom stereocenters. The number of rotatable bonds is 1. The van der Waals surface area contributed by atoms with Gasteiger partial charge in [-0.2, -0.15) is 0 Å². The predicted octanol–water partition coefficient (Wildman–Crippen LogP) is 0.995. The van der Waals surface area contributed by atoms with E-state index >= 15 is 0 Å². The maximum absolute atomic E-state index is 10.6. The number of carbonyl (C=O) groups is 1. The molecule has 0 bridgehead atoms. The first-order valence-corrected chi connectivity index (χ1v) is 3.43. The largest absolute Gasteiger partial charge is 2.00 e. The van der Waals surface area contributed by atoms with Crippen molar-refractivity contribution in [3.8, 4) is 0 Å². The summed E-state index contributed by atoms with van der Waals surface area (Å²) < 4.78 is 0. The molecule has 0 N–H and O–H groups in total. The third-order valence-electron chi connectivity index (χ3n) is 1.50. The van der Waals surface area contributed by atoms with Gasteiger partial charge in [-0.3, -0.25) is 4.99 Å². The molecule has 0 unspecified atom stereocenters. The van der Waals surface area contributed by atoms with Crippen molar-refractivity contribution in [2.24, 2.45) is 10.9 Å². The molecule has 1 amide bonds. The smallest absolute Gasteiger partial charge is 0.647 e. The van der Waals surface area contributed by atoms with Crippen molar-refractivity contribution in [3.63, 3.8) is 0 Å². The van der Waals surface area contributed by atoms with Gasteiger partial charge < -0.3 is 10.1 Å². The summed E-state index contributed by atoms with van der Waals surface area (Å²) in [6, 6.07) is 0. The first-order chi connectivity index (χ1) is 4.70. The normalized spacial score (nSPS) is 17.0. The van der Waals surface area contributed by atoms with Crippen LogP contribution in [0.25, 0.3) is 5.32 Å². The fourth-order valence-corrected chi connectivity index (χ4v) is 0.803. The molecule has 0 aliphatic carbocycles. The van der Waals surface area contributed by atoms with Crippen LogP contribution in [0.4, 0.5) is 0 Å². The van der Waals surface area contributed by atoms with E-state index in [-0.39, 0.29) is 31.9 Å². The van der Waals surface area contributed by atoms with Gasteiger partial charge >= 0.3 is 19.5 Å². The minimum Gasteiger partial charge on any atom is -0.647 e. The molecule has 4 heteroatoms. The van der Waals surface area contributed by atoms with Crippen molar-refractivity contribution >= 4 is 11.6 Å². The number of amides is 1. The van der Waals surface area contributed by atoms with Crippen LogP contribution in [0.3, 0.4) is 0 Å². The molecular formula is C7H11N2ORh+. The summed E-state index contributed by atoms with van der Waals surface area (Å²) in [5.41, 5.74) is 1.04. The van der Waals surface area contributed by atoms with Crippen molar-refractivity contribution in [2.45, 2.75) is 13.8 Å². The van der Waals surface area contributed by atoms with E-state index in [4.69, 9.17) is 0 Å². The molecule has 0 saturated carbocycles. The summed E-state index contributed by atoms with van der Waals surface area (Å²) in [5.74, 6) is 0.334. The number of hydrogen-bond donors (Lipinski definition) is 0. The molecule has 0 fully saturated rings. The number of carbonyl (C=O) groups excluding carboxylic acids is 1. The first-order valence-electron chi connectivity index (χ1n) is 3.43. The summed E-state index contributed by atoms with van der Waals surface area (Å²) in [4.78, 5) is 14.6. The van der Waals surface area contributed by atoms with Crippen LogP contribution in [-0.4, -0.2) is 24.7 Å². The van der Waals surface area contributed by atoms with Crippen molar-refractivity contribution in [2.75, 3.05) is 13.1 Å². The minimum atomic E-state index is -0.0931. The summed E-state index contributed by atoms with van der Waals surface area (Å²) in [7, 11) is 0. The second-order valence-electron chi connectivity index (χ2n) is 2.67. The van der Waals surface area contributed by atoms with E-state index in [1.165, 1.54) is 0 Å². The average Bonchev–Trinajstić information content (AvgIpc) is 1.88. The second kappa shape index (κ2) is 4.60. The molecule has 0 aromatic carbocycles. The van der Waals surface area contributed by atoms with Gasteiger partial charge in [-0.05, 0) is 11.6 Å². The van der Waals surface area contributed by atoms with Crippen LogP contribution < -0.4 is 0 Å². The van der Waals surface area contributed by atoms with Gasteiger partial charge in [0.05, 0.1) is 12.5 Å². The van der Waals surface area contributed by atoms with Crippen LogP contribution in [0.2, 0.25) is 0 Å². The topological polar surface area (TPSA) is 43.5 Å². The van der Waals surface area contributed by atoms with Crippen molar-refractivity contribution in [1.82, 2.24) is 0 Å². The molecule has 1 aliphatic rings. The van der Waals surface area contributed by atoms with Crippen molar-refractivity contribution < 1.29 is 24.3 Å². The predicted molar refractivity (Wildman–Crippen MR) is 40.4 cm³/mol. The van der Waals surface area contributed by atoms with Crippen molar-refractivity contribution in [3.05, 3.63) is 5.32 Å². The van der Waals surface area contributed by atoms with Gasteiger partial charge in [-0.1, -0.05) is 20.4 Å². The number of aliphatic imine (C=N–C) groups is 1. The molecule has 0 spiro atoms. The van der Waals surface area contributed by atoms with Crippen molar-refractivity contribution in [1.29, 1.82) is 0 Å². The van der Waals surface area contributed by atoms with Crippen LogP contribution in [0.1, 0.15) is 13.8 Å². The molecule has 0 aromatic rings. The summed E-state index contributed by atoms with van der Waals surface area (Å²) in [6.45, 7) is 4.89. The van der Waals surface area contributed by atoms with Crippen LogP contribution in [-0.2, 0) is 24.3 Å². The zero-order chi connectivity index (χ0) is 7.56. The van der Waals surface area contributed by atoms with E-state index in [2.05, 4.69) is 24.2 Å². The van der Waals surface area contributed by atoms with Gasteiger partial charge in [0.2, 0.25) is 0 Å². The van der Waals surface area contributed by atoms with Gasteiger partial charge in [0.25, 0.3) is 0 Å². The first kappa shape index (κ1) is 10.8. The molecule has 63 valence electrons. The van der Waals surface area contributed by atoms with Gasteiger partial charge in [0.15, 0.2) is 0 Å². The Morgan fingerprint density at radius 1 is 1.55 bits per heavy atom. The number of hydrogen-bond acceptors (Lipinski definition) is 2. The second-order valence-corrected chi connectivity index (χ2v) is 2.67. The Morgan fingerprint density at radius 2 is 2.18 bits per heavy atom. The van der Waals surface area contributed by atoms with E-state index in [1.807, 2.05) is 0 Å². The molecule has 3 nitrogen and oxygen atoms in total. The van der Waals surface area contributed by atoms with E-state index in [9.17, 15) is 4.79 Å². The maximum Gasteiger partial charge on any atom is 2.00 e. The quantitative estimate of drug-likeness (QED) is 0.632. The SMILES string of the molecule is CC(C)C1=NCC(=O)[N-]C1.[Rh+2]. The fraction of sp³-hybridized carbons (Fsp3) is 0.714. The zero-order valence-electron chi connectivity index (χ0n) is 6.63.